The molecule has 2 amide bonds. The van der Waals surface area contributed by atoms with Crippen LogP contribution in [0.2, 0.25) is 5.02 Å². The predicted molar refractivity (Wildman–Crippen MR) is 152 cm³/mol. The van der Waals surface area contributed by atoms with Crippen LogP contribution in [0.4, 0.5) is 17.1 Å². The van der Waals surface area contributed by atoms with Gasteiger partial charge in [0, 0.05) is 55.6 Å². The molecule has 2 aliphatic heterocycles. The molecule has 2 aliphatic rings. The number of piperazine rings is 1. The van der Waals surface area contributed by atoms with Crippen molar-refractivity contribution in [2.75, 3.05) is 62.4 Å². The number of nitrogens with zero attached hydrogens (tertiary/aromatic N) is 3. The maximum absolute atomic E-state index is 13.1. The van der Waals surface area contributed by atoms with Crippen molar-refractivity contribution in [2.24, 2.45) is 0 Å². The monoisotopic (exact) mass is 531 g/mol. The minimum atomic E-state index is -0.247. The van der Waals surface area contributed by atoms with Gasteiger partial charge in [0.05, 0.1) is 29.2 Å². The normalized spacial score (nSPS) is 17.1. The number of amides is 2. The first-order valence-electron chi connectivity index (χ1n) is 12.5. The van der Waals surface area contributed by atoms with E-state index in [0.29, 0.717) is 39.9 Å². The molecule has 196 valence electrons. The summed E-state index contributed by atoms with van der Waals surface area (Å²) in [6.07, 6.45) is 0. The number of carbonyl (C=O) groups excluding carboxylic acids is 2. The van der Waals surface area contributed by atoms with Crippen LogP contribution in [-0.2, 0) is 9.59 Å². The zero-order valence-corrected chi connectivity index (χ0v) is 22.1. The van der Waals surface area contributed by atoms with Crippen LogP contribution < -0.4 is 15.5 Å². The minimum absolute atomic E-state index is 0.0373. The van der Waals surface area contributed by atoms with Gasteiger partial charge in [0.15, 0.2) is 0 Å². The van der Waals surface area contributed by atoms with Gasteiger partial charge in [-0.05, 0) is 36.9 Å². The number of phenols is 1. The first-order valence-corrected chi connectivity index (χ1v) is 12.9. The smallest absolute Gasteiger partial charge is 0.258 e. The minimum Gasteiger partial charge on any atom is -0.506 e. The standard InChI is InChI=1S/C29H30ClN5O3/c1-33-12-14-35(15-13-33)18-26(37)34(2)24-11-9-21(17-25(24)36)31-28(19-6-4-3-5-7-19)27-22-10-8-20(30)16-23(22)32-29(27)38/h3-11,16-17,31,36H,12-15,18H2,1-2H3,(H,32,38)/b28-27-. The molecule has 0 saturated carbocycles. The van der Waals surface area contributed by atoms with Crippen LogP contribution in [0.3, 0.4) is 0 Å². The summed E-state index contributed by atoms with van der Waals surface area (Å²) in [5, 5.41) is 17.6. The lowest BCUT2D eigenvalue weighted by atomic mass is 10.00. The van der Waals surface area contributed by atoms with Crippen molar-refractivity contribution >= 4 is 51.7 Å². The SMILES string of the molecule is CN1CCN(CC(=O)N(C)c2ccc(N/C(=C3\C(=O)Nc4cc(Cl)ccc43)c3ccccc3)cc2O)CC1. The molecule has 0 spiro atoms. The van der Waals surface area contributed by atoms with E-state index in [1.54, 1.807) is 37.4 Å². The first-order chi connectivity index (χ1) is 18.3. The summed E-state index contributed by atoms with van der Waals surface area (Å²) in [4.78, 5) is 31.8. The van der Waals surface area contributed by atoms with Crippen molar-refractivity contribution in [1.29, 1.82) is 0 Å². The number of aromatic hydroxyl groups is 1. The highest BCUT2D eigenvalue weighted by atomic mass is 35.5. The topological polar surface area (TPSA) is 88.2 Å². The van der Waals surface area contributed by atoms with Gasteiger partial charge in [-0.2, -0.15) is 0 Å². The molecule has 0 unspecified atom stereocenters. The third kappa shape index (κ3) is 5.38. The molecule has 8 nitrogen and oxygen atoms in total. The van der Waals surface area contributed by atoms with Crippen molar-refractivity contribution in [3.63, 3.8) is 0 Å². The maximum Gasteiger partial charge on any atom is 0.258 e. The summed E-state index contributed by atoms with van der Waals surface area (Å²) in [5.74, 6) is -0.371. The Labute approximate surface area is 227 Å². The van der Waals surface area contributed by atoms with Crippen molar-refractivity contribution in [2.45, 2.75) is 0 Å². The van der Waals surface area contributed by atoms with Gasteiger partial charge < -0.3 is 25.5 Å². The Bertz CT molecular complexity index is 1400. The van der Waals surface area contributed by atoms with Crippen LogP contribution in [0.1, 0.15) is 11.1 Å². The van der Waals surface area contributed by atoms with Crippen molar-refractivity contribution < 1.29 is 14.7 Å². The zero-order chi connectivity index (χ0) is 26.8. The second kappa shape index (κ2) is 10.9. The fourth-order valence-electron chi connectivity index (χ4n) is 4.74. The van der Waals surface area contributed by atoms with Crippen molar-refractivity contribution in [1.82, 2.24) is 9.80 Å². The quantitative estimate of drug-likeness (QED) is 0.413. The van der Waals surface area contributed by atoms with Gasteiger partial charge in [-0.15, -0.1) is 0 Å². The average molecular weight is 532 g/mol. The third-order valence-corrected chi connectivity index (χ3v) is 7.21. The Hall–Kier alpha value is -3.85. The van der Waals surface area contributed by atoms with E-state index in [9.17, 15) is 14.7 Å². The third-order valence-electron chi connectivity index (χ3n) is 6.97. The highest BCUT2D eigenvalue weighted by Gasteiger charge is 2.29. The van der Waals surface area contributed by atoms with E-state index in [4.69, 9.17) is 11.6 Å². The fourth-order valence-corrected chi connectivity index (χ4v) is 4.92. The van der Waals surface area contributed by atoms with Gasteiger partial charge in [0.2, 0.25) is 5.91 Å². The molecule has 0 radical (unpaired) electrons. The number of phenolic OH excluding ortho intramolecular Hbond substituents is 1. The van der Waals surface area contributed by atoms with E-state index in [-0.39, 0.29) is 17.6 Å². The van der Waals surface area contributed by atoms with Gasteiger partial charge in [0.25, 0.3) is 5.91 Å². The van der Waals surface area contributed by atoms with Crippen LogP contribution in [0.5, 0.6) is 5.75 Å². The highest BCUT2D eigenvalue weighted by Crippen LogP contribution is 2.39. The number of anilines is 3. The molecule has 1 fully saturated rings. The Morgan fingerprint density at radius 3 is 2.50 bits per heavy atom. The molecule has 1 saturated heterocycles. The maximum atomic E-state index is 13.1. The summed E-state index contributed by atoms with van der Waals surface area (Å²) < 4.78 is 0. The molecule has 3 N–H and O–H groups in total. The highest BCUT2D eigenvalue weighted by molar-refractivity contribution is 6.38. The molecule has 38 heavy (non-hydrogen) atoms. The van der Waals surface area contributed by atoms with Crippen molar-refractivity contribution in [3.05, 3.63) is 82.9 Å². The first kappa shape index (κ1) is 25.8. The number of likely N-dealkylation sites (N-methyl/N-ethyl adjacent to an activating group) is 2. The number of hydrogen-bond acceptors (Lipinski definition) is 6. The Balaban J connectivity index is 1.42. The van der Waals surface area contributed by atoms with Gasteiger partial charge in [-0.3, -0.25) is 14.5 Å². The molecule has 3 aromatic rings. The molecule has 2 heterocycles. The van der Waals surface area contributed by atoms with Crippen LogP contribution in [0.15, 0.2) is 66.7 Å². The van der Waals surface area contributed by atoms with Gasteiger partial charge in [-0.1, -0.05) is 48.0 Å². The number of benzene rings is 3. The Morgan fingerprint density at radius 2 is 1.79 bits per heavy atom. The van der Waals surface area contributed by atoms with Gasteiger partial charge >= 0.3 is 0 Å². The lowest BCUT2D eigenvalue weighted by Gasteiger charge is -2.32. The van der Waals surface area contributed by atoms with Crippen LogP contribution >= 0.6 is 11.6 Å². The molecular formula is C29H30ClN5O3. The molecule has 0 bridgehead atoms. The Kier molecular flexibility index (Phi) is 7.37. The molecule has 9 heteroatoms. The average Bonchev–Trinajstić information content (AvgIpc) is 3.23. The molecule has 0 aromatic heterocycles. The number of halogens is 1. The molecule has 5 rings (SSSR count). The second-order valence-corrected chi connectivity index (χ2v) is 10.1. The molecule has 0 aliphatic carbocycles. The summed E-state index contributed by atoms with van der Waals surface area (Å²) in [5.41, 5.74) is 4.26. The zero-order valence-electron chi connectivity index (χ0n) is 21.4. The summed E-state index contributed by atoms with van der Waals surface area (Å²) in [6, 6.07) is 19.9. The van der Waals surface area contributed by atoms with E-state index in [1.807, 2.05) is 36.4 Å². The fraction of sp³-hybridized carbons (Fsp3) is 0.241. The number of nitrogens with one attached hydrogen (secondary N) is 2. The van der Waals surface area contributed by atoms with Gasteiger partial charge in [-0.25, -0.2) is 0 Å². The lowest BCUT2D eigenvalue weighted by Crippen LogP contribution is -2.48. The largest absolute Gasteiger partial charge is 0.506 e. The molecule has 3 aromatic carbocycles. The lowest BCUT2D eigenvalue weighted by molar-refractivity contribution is -0.119. The van der Waals surface area contributed by atoms with Crippen LogP contribution in [-0.4, -0.2) is 73.5 Å². The van der Waals surface area contributed by atoms with Crippen LogP contribution in [0.25, 0.3) is 11.3 Å². The second-order valence-electron chi connectivity index (χ2n) is 9.62. The number of rotatable bonds is 6. The summed E-state index contributed by atoms with van der Waals surface area (Å²) >= 11 is 6.14. The van der Waals surface area contributed by atoms with E-state index in [1.165, 1.54) is 4.90 Å². The number of carbonyl (C=O) groups is 2. The van der Waals surface area contributed by atoms with E-state index >= 15 is 0 Å². The Morgan fingerprint density at radius 1 is 1.05 bits per heavy atom. The molecule has 0 atom stereocenters. The number of fused-ring (bicyclic) bond motifs is 1. The van der Waals surface area contributed by atoms with Crippen LogP contribution in [0, 0.1) is 0 Å². The van der Waals surface area contributed by atoms with E-state index < -0.39 is 0 Å². The van der Waals surface area contributed by atoms with E-state index in [0.717, 1.165) is 37.3 Å². The summed E-state index contributed by atoms with van der Waals surface area (Å²) in [6.45, 7) is 3.83. The van der Waals surface area contributed by atoms with Gasteiger partial charge in [0.1, 0.15) is 5.75 Å². The van der Waals surface area contributed by atoms with E-state index in [2.05, 4.69) is 27.5 Å². The van der Waals surface area contributed by atoms with Crippen molar-refractivity contribution in [3.8, 4) is 5.75 Å². The summed E-state index contributed by atoms with van der Waals surface area (Å²) in [7, 11) is 3.74. The predicted octanol–water partition coefficient (Wildman–Crippen LogP) is 4.19. The molecular weight excluding hydrogens is 502 g/mol. The number of hydrogen-bond donors (Lipinski definition) is 3.